The summed E-state index contributed by atoms with van der Waals surface area (Å²) in [4.78, 5) is 119. The van der Waals surface area contributed by atoms with Gasteiger partial charge >= 0.3 is 23.9 Å². The Labute approximate surface area is 396 Å². The Morgan fingerprint density at radius 2 is 1.13 bits per heavy atom. The first-order valence-electron chi connectivity index (χ1n) is 20.4. The largest absolute Gasteiger partial charge is 0.480 e. The number of carbonyl (C=O) groups excluding carboxylic acids is 5. The first-order chi connectivity index (χ1) is 29.6. The Morgan fingerprint density at radius 1 is 0.635 bits per heavy atom. The van der Waals surface area contributed by atoms with Gasteiger partial charge in [-0.15, -0.1) is 0 Å². The number of nitrogens with zero attached hydrogens (tertiary/aromatic N) is 5. The van der Waals surface area contributed by atoms with E-state index in [1.54, 1.807) is 19.6 Å². The van der Waals surface area contributed by atoms with Crippen LogP contribution in [-0.4, -0.2) is 196 Å². The van der Waals surface area contributed by atoms with Crippen LogP contribution >= 0.6 is 0 Å². The van der Waals surface area contributed by atoms with Gasteiger partial charge in [-0.1, -0.05) is 42.5 Å². The molecule has 2 heterocycles. The first-order valence-corrected chi connectivity index (χ1v) is 20.4. The minimum absolute atomic E-state index is 0. The molecule has 4 amide bonds. The van der Waals surface area contributed by atoms with Crippen LogP contribution in [0.4, 0.5) is 0 Å². The maximum absolute atomic E-state index is 13.8. The van der Waals surface area contributed by atoms with E-state index in [2.05, 4.69) is 10.6 Å². The number of hydrogen-bond acceptors (Lipinski definition) is 13. The van der Waals surface area contributed by atoms with E-state index >= 15 is 0 Å². The Kier molecular flexibility index (Phi) is 22.3. The smallest absolute Gasteiger partial charge is 0.326 e. The van der Waals surface area contributed by atoms with Crippen LogP contribution < -0.4 is 10.6 Å². The molecule has 1 saturated heterocycles. The fraction of sp³-hybridized carbons (Fsp3) is 0.500. The number of Topliss-reactive ketones (excluding diaryl/α,β-unsaturated/α-hetero) is 1. The van der Waals surface area contributed by atoms with E-state index in [1.807, 2.05) is 42.5 Å². The summed E-state index contributed by atoms with van der Waals surface area (Å²) in [5.74, 6) is -8.21. The van der Waals surface area contributed by atoms with Crippen molar-refractivity contribution in [1.29, 1.82) is 0 Å². The molecule has 0 bridgehead atoms. The summed E-state index contributed by atoms with van der Waals surface area (Å²) in [6.07, 6.45) is 2.64. The van der Waals surface area contributed by atoms with E-state index in [0.717, 1.165) is 33.4 Å². The molecule has 344 valence electrons. The van der Waals surface area contributed by atoms with Crippen LogP contribution in [-0.2, 0) is 49.6 Å². The number of nitrogens with one attached hydrogen (secondary N) is 2. The number of ketones is 1. The molecule has 2 aliphatic rings. The summed E-state index contributed by atoms with van der Waals surface area (Å²) in [6, 6.07) is 11.8. The maximum Gasteiger partial charge on any atom is 0.326 e. The number of carboxylic acids is 4. The first kappa shape index (κ1) is 52.6. The average Bonchev–Trinajstić information content (AvgIpc) is 3.53. The number of fused-ring (bicyclic) bond motifs is 1. The molecule has 63 heavy (non-hydrogen) atoms. The molecule has 2 aromatic carbocycles. The van der Waals surface area contributed by atoms with Crippen LogP contribution in [0.25, 0.3) is 10.8 Å². The summed E-state index contributed by atoms with van der Waals surface area (Å²) in [5.41, 5.74) is 0.722. The summed E-state index contributed by atoms with van der Waals surface area (Å²) in [6.45, 7) is 0.0486. The monoisotopic (exact) mass is 1020 g/mol. The molecule has 2 aliphatic heterocycles. The van der Waals surface area contributed by atoms with Crippen molar-refractivity contribution >= 4 is 64.1 Å². The Morgan fingerprint density at radius 3 is 1.62 bits per heavy atom. The number of benzene rings is 2. The fourth-order valence-electron chi connectivity index (χ4n) is 7.31. The van der Waals surface area contributed by atoms with E-state index in [1.165, 1.54) is 0 Å². The number of aliphatic carboxylic acids is 4. The number of amides is 4. The minimum atomic E-state index is -1.32. The van der Waals surface area contributed by atoms with Gasteiger partial charge in [-0.3, -0.25) is 62.9 Å². The van der Waals surface area contributed by atoms with E-state index in [4.69, 9.17) is 0 Å². The number of rotatable bonds is 22. The van der Waals surface area contributed by atoms with Crippen molar-refractivity contribution in [2.24, 2.45) is 5.92 Å². The van der Waals surface area contributed by atoms with Crippen LogP contribution in [0.3, 0.4) is 0 Å². The zero-order valence-electron chi connectivity index (χ0n) is 34.8. The van der Waals surface area contributed by atoms with Gasteiger partial charge in [-0.25, -0.2) is 4.79 Å². The average molecular weight is 1020 g/mol. The van der Waals surface area contributed by atoms with E-state index < -0.39 is 71.8 Å². The molecule has 2 atom stereocenters. The molecule has 1 fully saturated rings. The molecular weight excluding hydrogens is 968 g/mol. The molecule has 0 unspecified atom stereocenters. The SMILES string of the molecule is O=C(O)CN1CCN(CC(=O)O)CCN(CC(=O)NCC(=O)C[C@@H](Cc2ccc3ccccc3c2)C(=O)N[C@@H](CCCCN2C(=O)C=CC2=O)C(=O)O)CCN(CC(=O)O)CC1.[Gd]. The zero-order valence-corrected chi connectivity index (χ0v) is 37.1. The van der Waals surface area contributed by atoms with Gasteiger partial charge in [0.15, 0.2) is 5.78 Å². The molecular formula is C42H55GdN7O13. The Balaban J connectivity index is 0.0000106. The summed E-state index contributed by atoms with van der Waals surface area (Å²) in [5, 5.41) is 45.4. The number of unbranched alkanes of at least 4 members (excludes halogenated alkanes) is 1. The second-order valence-electron chi connectivity index (χ2n) is 15.4. The van der Waals surface area contributed by atoms with Crippen molar-refractivity contribution in [3.8, 4) is 0 Å². The summed E-state index contributed by atoms with van der Waals surface area (Å²) < 4.78 is 0. The second kappa shape index (κ2) is 26.8. The number of carbonyl (C=O) groups is 9. The van der Waals surface area contributed by atoms with Gasteiger partial charge in [-0.2, -0.15) is 0 Å². The molecule has 0 aliphatic carbocycles. The standard InChI is InChI=1S/C42H55N7O13.Gd/c50-33(24-43-35(51)25-45-13-15-46(26-38(54)55)17-19-48(28-40(58)59)20-18-47(16-14-45)27-39(56)57)23-32(22-29-8-9-30-5-1-2-6-31(30)21-29)41(60)44-34(42(61)62)7-3-4-12-49-36(52)10-11-37(49)53;/h1-2,5-6,8-11,21,32,34H,3-4,7,12-20,22-28H2,(H,43,51)(H,44,60)(H,54,55)(H,56,57)(H,58,59)(H,61,62);/t32-,34+;/m1./s1. The van der Waals surface area contributed by atoms with E-state index in [9.17, 15) is 63.6 Å². The third-order valence-corrected chi connectivity index (χ3v) is 10.6. The Hall–Kier alpha value is -4.77. The van der Waals surface area contributed by atoms with Gasteiger partial charge in [0.1, 0.15) is 6.04 Å². The van der Waals surface area contributed by atoms with Crippen molar-refractivity contribution in [2.75, 3.05) is 91.6 Å². The van der Waals surface area contributed by atoms with Crippen molar-refractivity contribution < 1.29 is 104 Å². The van der Waals surface area contributed by atoms with Crippen LogP contribution in [0, 0.1) is 45.9 Å². The van der Waals surface area contributed by atoms with Crippen LogP contribution in [0.2, 0.25) is 0 Å². The normalized spacial score (nSPS) is 16.9. The van der Waals surface area contributed by atoms with Crippen molar-refractivity contribution in [1.82, 2.24) is 35.1 Å². The maximum atomic E-state index is 13.8. The van der Waals surface area contributed by atoms with Gasteiger partial charge in [0.2, 0.25) is 11.8 Å². The van der Waals surface area contributed by atoms with Crippen LogP contribution in [0.5, 0.6) is 0 Å². The molecule has 6 N–H and O–H groups in total. The summed E-state index contributed by atoms with van der Waals surface area (Å²) >= 11 is 0. The molecule has 0 radical (unpaired) electrons. The van der Waals surface area contributed by atoms with Gasteiger partial charge in [-0.05, 0) is 42.0 Å². The molecule has 2 aromatic rings. The number of imide groups is 1. The third kappa shape index (κ3) is 18.9. The Bertz CT molecular complexity index is 1950. The second-order valence-corrected chi connectivity index (χ2v) is 15.4. The van der Waals surface area contributed by atoms with E-state index in [0.29, 0.717) is 6.42 Å². The van der Waals surface area contributed by atoms with Crippen molar-refractivity contribution in [2.45, 2.75) is 38.1 Å². The topological polar surface area (TPSA) is 275 Å². The number of hydrogen-bond donors (Lipinski definition) is 6. The van der Waals surface area contributed by atoms with Gasteiger partial charge in [0.05, 0.1) is 32.7 Å². The molecule has 0 aromatic heterocycles. The van der Waals surface area contributed by atoms with Gasteiger partial charge in [0.25, 0.3) is 11.8 Å². The quantitative estimate of drug-likeness (QED) is 0.0623. The van der Waals surface area contributed by atoms with Gasteiger partial charge in [0, 0.05) is 123 Å². The molecule has 21 heteroatoms. The van der Waals surface area contributed by atoms with Crippen molar-refractivity contribution in [3.63, 3.8) is 0 Å². The van der Waals surface area contributed by atoms with Crippen LogP contribution in [0.15, 0.2) is 54.6 Å². The predicted octanol–water partition coefficient (Wildman–Crippen LogP) is -0.786. The third-order valence-electron chi connectivity index (χ3n) is 10.6. The van der Waals surface area contributed by atoms with E-state index in [-0.39, 0.29) is 151 Å². The van der Waals surface area contributed by atoms with Gasteiger partial charge < -0.3 is 31.1 Å². The van der Waals surface area contributed by atoms with Crippen molar-refractivity contribution in [3.05, 3.63) is 60.2 Å². The number of carboxylic acid groups (broad SMARTS) is 4. The predicted molar refractivity (Wildman–Crippen MR) is 222 cm³/mol. The fourth-order valence-corrected chi connectivity index (χ4v) is 7.31. The molecule has 20 nitrogen and oxygen atoms in total. The van der Waals surface area contributed by atoms with Crippen LogP contribution in [0.1, 0.15) is 31.2 Å². The zero-order chi connectivity index (χ0) is 45.2. The molecule has 0 spiro atoms. The summed E-state index contributed by atoms with van der Waals surface area (Å²) in [7, 11) is 0. The molecule has 0 saturated carbocycles. The minimum Gasteiger partial charge on any atom is -0.480 e. The molecule has 4 rings (SSSR count).